The summed E-state index contributed by atoms with van der Waals surface area (Å²) >= 11 is 1.47. The van der Waals surface area contributed by atoms with E-state index in [4.69, 9.17) is 9.94 Å². The molecule has 2 heterocycles. The molecule has 3 N–H and O–H groups in total. The third-order valence-corrected chi connectivity index (χ3v) is 12.2. The number of carbonyl (C=O) groups excluding carboxylic acids is 2. The van der Waals surface area contributed by atoms with Gasteiger partial charge in [0.1, 0.15) is 11.0 Å². The van der Waals surface area contributed by atoms with Gasteiger partial charge in [-0.1, -0.05) is 67.9 Å². The zero-order valence-electron chi connectivity index (χ0n) is 29.3. The summed E-state index contributed by atoms with van der Waals surface area (Å²) in [7, 11) is -2.43. The molecule has 0 bridgehead atoms. The van der Waals surface area contributed by atoms with E-state index in [-0.39, 0.29) is 42.3 Å². The molecule has 1 saturated carbocycles. The second-order valence-corrected chi connectivity index (χ2v) is 16.4. The van der Waals surface area contributed by atoms with Crippen LogP contribution in [0.25, 0.3) is 0 Å². The molecule has 276 valence electrons. The largest absolute Gasteiger partial charge is 0.411 e. The normalized spacial score (nSPS) is 17.3. The summed E-state index contributed by atoms with van der Waals surface area (Å²) in [6, 6.07) is 13.5. The number of sulfonamides is 1. The number of benzene rings is 2. The first-order valence-corrected chi connectivity index (χ1v) is 19.6. The summed E-state index contributed by atoms with van der Waals surface area (Å²) in [5.74, 6) is -0.490. The second kappa shape index (κ2) is 17.6. The molecule has 1 saturated heterocycles. The van der Waals surface area contributed by atoms with E-state index in [9.17, 15) is 23.1 Å². The van der Waals surface area contributed by atoms with Gasteiger partial charge in [-0.2, -0.15) is 4.31 Å². The number of hydrogen-bond donors (Lipinski definition) is 3. The van der Waals surface area contributed by atoms with Crippen LogP contribution in [0.15, 0.2) is 70.0 Å². The molecular weight excluding hydrogens is 693 g/mol. The molecule has 3 atom stereocenters. The standard InChI is InChI=1S/C36H48N6O7S2/c1-25(2)34(42-17-16-40(36(42)45)21-29-24-50-33(38-29)23-49-3)35(44)39-31(18-26-8-5-4-6-9-26)32(43)22-41(20-28-10-7-11-28)51(47,48)30-14-12-27(13-15-30)19-37-46/h4-6,8-9,12-15,19,24-25,28,31-32,34,43,46H,7,10-11,16-18,20-23H2,1-3H3,(H,39,44)/t31-,32+,34-/m0/s1. The predicted molar refractivity (Wildman–Crippen MR) is 194 cm³/mol. The quantitative estimate of drug-likeness (QED) is 0.100. The molecule has 51 heavy (non-hydrogen) atoms. The first-order chi connectivity index (χ1) is 24.5. The highest BCUT2D eigenvalue weighted by Gasteiger charge is 2.41. The smallest absolute Gasteiger partial charge is 0.321 e. The third-order valence-electron chi connectivity index (χ3n) is 9.48. The van der Waals surface area contributed by atoms with Crippen LogP contribution in [0.5, 0.6) is 0 Å². The van der Waals surface area contributed by atoms with Crippen molar-refractivity contribution in [2.45, 2.75) is 75.8 Å². The van der Waals surface area contributed by atoms with Gasteiger partial charge in [0.05, 0.1) is 42.1 Å². The van der Waals surface area contributed by atoms with E-state index in [1.165, 1.54) is 34.0 Å². The Balaban J connectivity index is 1.35. The van der Waals surface area contributed by atoms with Gasteiger partial charge in [0.15, 0.2) is 0 Å². The predicted octanol–water partition coefficient (Wildman–Crippen LogP) is 3.94. The Morgan fingerprint density at radius 2 is 1.88 bits per heavy atom. The molecule has 1 aliphatic heterocycles. The van der Waals surface area contributed by atoms with Crippen molar-refractivity contribution in [3.8, 4) is 0 Å². The maximum atomic E-state index is 14.2. The fraction of sp³-hybridized carbons (Fsp3) is 0.500. The fourth-order valence-corrected chi connectivity index (χ4v) is 8.84. The van der Waals surface area contributed by atoms with E-state index in [0.29, 0.717) is 31.8 Å². The number of thiazole rings is 1. The highest BCUT2D eigenvalue weighted by atomic mass is 32.2. The number of urea groups is 1. The molecule has 2 aromatic carbocycles. The van der Waals surface area contributed by atoms with Gasteiger partial charge in [0, 0.05) is 38.7 Å². The fourth-order valence-electron chi connectivity index (χ4n) is 6.55. The number of aliphatic hydroxyl groups excluding tert-OH is 1. The van der Waals surface area contributed by atoms with Crippen molar-refractivity contribution in [2.75, 3.05) is 33.3 Å². The van der Waals surface area contributed by atoms with Crippen LogP contribution in [-0.2, 0) is 39.1 Å². The Morgan fingerprint density at radius 3 is 2.51 bits per heavy atom. The molecule has 5 rings (SSSR count). The molecule has 3 aromatic rings. The van der Waals surface area contributed by atoms with Crippen LogP contribution in [0.4, 0.5) is 4.79 Å². The number of oxime groups is 1. The summed E-state index contributed by atoms with van der Waals surface area (Å²) < 4.78 is 34.5. The molecular formula is C36H48N6O7S2. The van der Waals surface area contributed by atoms with E-state index in [1.807, 2.05) is 49.6 Å². The molecule has 13 nitrogen and oxygen atoms in total. The molecule has 1 aliphatic carbocycles. The lowest BCUT2D eigenvalue weighted by Gasteiger charge is -2.36. The topological polar surface area (TPSA) is 165 Å². The number of nitrogens with zero attached hydrogens (tertiary/aromatic N) is 5. The number of methoxy groups -OCH3 is 1. The van der Waals surface area contributed by atoms with Crippen LogP contribution < -0.4 is 5.32 Å². The van der Waals surface area contributed by atoms with Crippen molar-refractivity contribution < 1.29 is 33.1 Å². The van der Waals surface area contributed by atoms with Gasteiger partial charge >= 0.3 is 6.03 Å². The lowest BCUT2D eigenvalue weighted by Crippen LogP contribution is -2.57. The molecule has 0 radical (unpaired) electrons. The van der Waals surface area contributed by atoms with Gasteiger partial charge < -0.3 is 30.2 Å². The van der Waals surface area contributed by atoms with Gasteiger partial charge in [0.2, 0.25) is 15.9 Å². The van der Waals surface area contributed by atoms with Crippen LogP contribution >= 0.6 is 11.3 Å². The van der Waals surface area contributed by atoms with E-state index < -0.39 is 34.1 Å². The van der Waals surface area contributed by atoms with Gasteiger partial charge in [0.25, 0.3) is 0 Å². The first kappa shape index (κ1) is 38.3. The highest BCUT2D eigenvalue weighted by Crippen LogP contribution is 2.30. The minimum atomic E-state index is -4.03. The van der Waals surface area contributed by atoms with Crippen LogP contribution in [0, 0.1) is 11.8 Å². The highest BCUT2D eigenvalue weighted by molar-refractivity contribution is 7.89. The van der Waals surface area contributed by atoms with Crippen LogP contribution in [0.1, 0.15) is 54.9 Å². The Morgan fingerprint density at radius 1 is 1.16 bits per heavy atom. The van der Waals surface area contributed by atoms with Crippen molar-refractivity contribution in [1.82, 2.24) is 24.4 Å². The first-order valence-electron chi connectivity index (χ1n) is 17.3. The molecule has 0 spiro atoms. The van der Waals surface area contributed by atoms with Gasteiger partial charge in [-0.05, 0) is 54.4 Å². The second-order valence-electron chi connectivity index (χ2n) is 13.6. The summed E-state index contributed by atoms with van der Waals surface area (Å²) in [6.45, 7) is 5.27. The van der Waals surface area contributed by atoms with Crippen molar-refractivity contribution in [3.05, 3.63) is 81.8 Å². The summed E-state index contributed by atoms with van der Waals surface area (Å²) in [5.41, 5.74) is 2.15. The lowest BCUT2D eigenvalue weighted by molar-refractivity contribution is -0.128. The summed E-state index contributed by atoms with van der Waals surface area (Å²) in [4.78, 5) is 35.7. The zero-order chi connectivity index (χ0) is 36.5. The minimum absolute atomic E-state index is 0.0531. The van der Waals surface area contributed by atoms with Crippen LogP contribution in [-0.4, -0.2) is 107 Å². The minimum Gasteiger partial charge on any atom is -0.411 e. The Hall–Kier alpha value is -3.89. The lowest BCUT2D eigenvalue weighted by atomic mass is 9.85. The number of hydrogen-bond acceptors (Lipinski definition) is 10. The molecule has 15 heteroatoms. The zero-order valence-corrected chi connectivity index (χ0v) is 30.9. The van der Waals surface area contributed by atoms with Crippen LogP contribution in [0.2, 0.25) is 0 Å². The molecule has 1 aromatic heterocycles. The average Bonchev–Trinajstić information content (AvgIpc) is 3.68. The van der Waals surface area contributed by atoms with Gasteiger partial charge in [-0.15, -0.1) is 11.3 Å². The molecule has 0 unspecified atom stereocenters. The van der Waals surface area contributed by atoms with E-state index in [0.717, 1.165) is 35.5 Å². The number of aliphatic hydroxyl groups is 1. The number of carbonyl (C=O) groups is 2. The van der Waals surface area contributed by atoms with Gasteiger partial charge in [-0.25, -0.2) is 18.2 Å². The maximum absolute atomic E-state index is 14.2. The maximum Gasteiger partial charge on any atom is 0.321 e. The number of nitrogens with one attached hydrogen (secondary N) is 1. The number of aromatic nitrogens is 1. The van der Waals surface area contributed by atoms with Gasteiger partial charge in [-0.3, -0.25) is 4.79 Å². The molecule has 2 fully saturated rings. The van der Waals surface area contributed by atoms with E-state index >= 15 is 0 Å². The molecule has 2 aliphatic rings. The van der Waals surface area contributed by atoms with Crippen molar-refractivity contribution in [1.29, 1.82) is 0 Å². The number of ether oxygens (including phenoxy) is 1. The van der Waals surface area contributed by atoms with Crippen LogP contribution in [0.3, 0.4) is 0 Å². The Bertz CT molecular complexity index is 1730. The van der Waals surface area contributed by atoms with E-state index in [2.05, 4.69) is 15.5 Å². The average molecular weight is 741 g/mol. The number of amides is 3. The Kier molecular flexibility index (Phi) is 13.2. The monoisotopic (exact) mass is 740 g/mol. The molecule has 3 amide bonds. The Labute approximate surface area is 304 Å². The third kappa shape index (κ3) is 9.71. The van der Waals surface area contributed by atoms with Crippen molar-refractivity contribution in [2.24, 2.45) is 17.0 Å². The van der Waals surface area contributed by atoms with Crippen molar-refractivity contribution >= 4 is 39.5 Å². The number of rotatable bonds is 18. The SMILES string of the molecule is COCc1nc(CN2CCN([C@H](C(=O)N[C@@H](Cc3ccccc3)[C@H](O)CN(CC3CCC3)S(=O)(=O)c3ccc(C=NO)cc3)C(C)C)C2=O)cs1. The summed E-state index contributed by atoms with van der Waals surface area (Å²) in [6.07, 6.45) is 3.00. The van der Waals surface area contributed by atoms with Crippen molar-refractivity contribution in [3.63, 3.8) is 0 Å². The van der Waals surface area contributed by atoms with E-state index in [1.54, 1.807) is 29.0 Å². The summed E-state index contributed by atoms with van der Waals surface area (Å²) in [5, 5.41) is 29.5.